The van der Waals surface area contributed by atoms with Gasteiger partial charge in [-0.2, -0.15) is 4.68 Å². The van der Waals surface area contributed by atoms with E-state index in [-0.39, 0.29) is 4.68 Å². The van der Waals surface area contributed by atoms with E-state index in [0.29, 0.717) is 0 Å². The standard InChI is InChI=1S/C4H7N3O5/c8-1-4(11,12)7-3(10)2(9)5-6-7/h6,8,11-12H,1H2,(H,5,9). The lowest BCUT2D eigenvalue weighted by Crippen LogP contribution is -2.45. The molecule has 0 aliphatic heterocycles. The highest BCUT2D eigenvalue weighted by Crippen LogP contribution is 1.98. The van der Waals surface area contributed by atoms with Gasteiger partial charge in [0.05, 0.1) is 0 Å². The van der Waals surface area contributed by atoms with Crippen LogP contribution in [0.2, 0.25) is 0 Å². The van der Waals surface area contributed by atoms with Gasteiger partial charge in [0.2, 0.25) is 0 Å². The normalized spacial score (nSPS) is 11.9. The largest absolute Gasteiger partial charge is 0.389 e. The molecular weight excluding hydrogens is 170 g/mol. The van der Waals surface area contributed by atoms with Crippen LogP contribution in [0.4, 0.5) is 0 Å². The Morgan fingerprint density at radius 3 is 2.33 bits per heavy atom. The topological polar surface area (TPSA) is 131 Å². The lowest BCUT2D eigenvalue weighted by molar-refractivity contribution is -0.259. The van der Waals surface area contributed by atoms with E-state index in [0.717, 1.165) is 0 Å². The van der Waals surface area contributed by atoms with Crippen LogP contribution in [0.3, 0.4) is 0 Å². The molecule has 0 bridgehead atoms. The van der Waals surface area contributed by atoms with Crippen LogP contribution < -0.4 is 11.1 Å². The van der Waals surface area contributed by atoms with Crippen molar-refractivity contribution in [1.29, 1.82) is 0 Å². The molecule has 8 nitrogen and oxygen atoms in total. The summed E-state index contributed by atoms with van der Waals surface area (Å²) >= 11 is 0. The second kappa shape index (κ2) is 2.59. The van der Waals surface area contributed by atoms with Crippen molar-refractivity contribution in [2.75, 3.05) is 6.61 Å². The van der Waals surface area contributed by atoms with Crippen LogP contribution in [-0.2, 0) is 5.91 Å². The van der Waals surface area contributed by atoms with E-state index in [1.807, 2.05) is 10.3 Å². The summed E-state index contributed by atoms with van der Waals surface area (Å²) in [6.07, 6.45) is 0. The van der Waals surface area contributed by atoms with E-state index in [1.54, 1.807) is 0 Å². The molecule has 0 fully saturated rings. The summed E-state index contributed by atoms with van der Waals surface area (Å²) in [6, 6.07) is 0. The van der Waals surface area contributed by atoms with Crippen LogP contribution >= 0.6 is 0 Å². The summed E-state index contributed by atoms with van der Waals surface area (Å²) in [5.74, 6) is -2.78. The molecule has 0 radical (unpaired) electrons. The SMILES string of the molecule is O=c1[nH][nH]n(C(O)(O)CO)c1=O. The zero-order valence-electron chi connectivity index (χ0n) is 5.81. The Balaban J connectivity index is 3.30. The summed E-state index contributed by atoms with van der Waals surface area (Å²) in [6.45, 7) is -1.11. The van der Waals surface area contributed by atoms with Crippen LogP contribution in [0.1, 0.15) is 0 Å². The first-order valence-corrected chi connectivity index (χ1v) is 2.95. The minimum Gasteiger partial charge on any atom is -0.389 e. The molecule has 12 heavy (non-hydrogen) atoms. The number of aliphatic hydroxyl groups excluding tert-OH is 1. The van der Waals surface area contributed by atoms with Gasteiger partial charge < -0.3 is 15.3 Å². The van der Waals surface area contributed by atoms with Gasteiger partial charge in [-0.15, -0.1) is 0 Å². The van der Waals surface area contributed by atoms with E-state index in [4.69, 9.17) is 15.3 Å². The lowest BCUT2D eigenvalue weighted by Gasteiger charge is -2.17. The summed E-state index contributed by atoms with van der Waals surface area (Å²) in [5.41, 5.74) is -2.22. The number of H-pyrrole nitrogens is 2. The number of nitrogens with zero attached hydrogens (tertiary/aromatic N) is 1. The quantitative estimate of drug-likeness (QED) is 0.236. The molecule has 0 aliphatic rings. The highest BCUT2D eigenvalue weighted by Gasteiger charge is 2.27. The molecule has 0 atom stereocenters. The molecule has 1 aromatic heterocycles. The monoisotopic (exact) mass is 177 g/mol. The molecule has 1 rings (SSSR count). The molecule has 8 heteroatoms. The maximum Gasteiger partial charge on any atom is 0.337 e. The van der Waals surface area contributed by atoms with E-state index in [2.05, 4.69) is 0 Å². The number of rotatable bonds is 2. The number of aromatic nitrogens is 3. The number of aromatic amines is 2. The first-order valence-electron chi connectivity index (χ1n) is 2.95. The molecule has 0 aliphatic carbocycles. The second-order valence-corrected chi connectivity index (χ2v) is 2.14. The Labute approximate surface area is 64.7 Å². The van der Waals surface area contributed by atoms with E-state index >= 15 is 0 Å². The molecular formula is C4H7N3O5. The van der Waals surface area contributed by atoms with Gasteiger partial charge in [-0.1, -0.05) is 0 Å². The number of hydrogen-bond acceptors (Lipinski definition) is 5. The maximum absolute atomic E-state index is 10.7. The minimum atomic E-state index is -2.78. The van der Waals surface area contributed by atoms with Gasteiger partial charge in [-0.3, -0.25) is 9.59 Å². The highest BCUT2D eigenvalue weighted by atomic mass is 16.5. The van der Waals surface area contributed by atoms with Crippen molar-refractivity contribution >= 4 is 0 Å². The van der Waals surface area contributed by atoms with Crippen molar-refractivity contribution in [3.8, 4) is 0 Å². The van der Waals surface area contributed by atoms with Gasteiger partial charge in [0, 0.05) is 0 Å². The van der Waals surface area contributed by atoms with Crippen LogP contribution in [0.5, 0.6) is 0 Å². The average Bonchev–Trinajstić information content (AvgIpc) is 2.33. The third-order valence-electron chi connectivity index (χ3n) is 1.25. The van der Waals surface area contributed by atoms with Crippen molar-refractivity contribution in [2.45, 2.75) is 5.91 Å². The molecule has 0 spiro atoms. The third kappa shape index (κ3) is 1.18. The van der Waals surface area contributed by atoms with Crippen LogP contribution in [0.15, 0.2) is 9.59 Å². The maximum atomic E-state index is 10.7. The summed E-state index contributed by atoms with van der Waals surface area (Å²) in [4.78, 5) is 21.2. The Morgan fingerprint density at radius 1 is 1.42 bits per heavy atom. The van der Waals surface area contributed by atoms with Crippen molar-refractivity contribution in [2.24, 2.45) is 0 Å². The van der Waals surface area contributed by atoms with Crippen molar-refractivity contribution in [1.82, 2.24) is 15.0 Å². The predicted octanol–water partition coefficient (Wildman–Crippen LogP) is -3.55. The van der Waals surface area contributed by atoms with Gasteiger partial charge in [-0.05, 0) is 0 Å². The lowest BCUT2D eigenvalue weighted by atomic mass is 10.5. The Kier molecular flexibility index (Phi) is 1.88. The van der Waals surface area contributed by atoms with Crippen molar-refractivity contribution < 1.29 is 15.3 Å². The summed E-state index contributed by atoms with van der Waals surface area (Å²) in [7, 11) is 0. The number of aliphatic hydroxyl groups is 3. The Bertz CT molecular complexity index is 371. The smallest absolute Gasteiger partial charge is 0.337 e. The zero-order valence-corrected chi connectivity index (χ0v) is 5.81. The number of hydrogen-bond donors (Lipinski definition) is 5. The molecule has 0 saturated carbocycles. The fourth-order valence-corrected chi connectivity index (χ4v) is 0.635. The highest BCUT2D eigenvalue weighted by molar-refractivity contribution is 4.74. The fraction of sp³-hybridized carbons (Fsp3) is 0.500. The van der Waals surface area contributed by atoms with Gasteiger partial charge in [0.1, 0.15) is 6.61 Å². The van der Waals surface area contributed by atoms with Gasteiger partial charge in [-0.25, -0.2) is 10.3 Å². The average molecular weight is 177 g/mol. The number of nitrogens with one attached hydrogen (secondary N) is 2. The van der Waals surface area contributed by atoms with Crippen LogP contribution in [0.25, 0.3) is 0 Å². The molecule has 0 aromatic carbocycles. The summed E-state index contributed by atoms with van der Waals surface area (Å²) in [5, 5.41) is 29.8. The molecule has 5 N–H and O–H groups in total. The molecule has 1 heterocycles. The minimum absolute atomic E-state index is 0.176. The zero-order chi connectivity index (χ0) is 9.35. The van der Waals surface area contributed by atoms with Crippen molar-refractivity contribution in [3.05, 3.63) is 20.7 Å². The Morgan fingerprint density at radius 2 is 2.00 bits per heavy atom. The van der Waals surface area contributed by atoms with Crippen molar-refractivity contribution in [3.63, 3.8) is 0 Å². The molecule has 0 amide bonds. The molecule has 0 unspecified atom stereocenters. The third-order valence-corrected chi connectivity index (χ3v) is 1.25. The van der Waals surface area contributed by atoms with Gasteiger partial charge in [0.15, 0.2) is 0 Å². The second-order valence-electron chi connectivity index (χ2n) is 2.14. The molecule has 68 valence electrons. The summed E-state index contributed by atoms with van der Waals surface area (Å²) < 4.78 is 0.176. The molecule has 1 aromatic rings. The first-order chi connectivity index (χ1) is 5.49. The first kappa shape index (κ1) is 8.71. The Hall–Kier alpha value is -1.38. The van der Waals surface area contributed by atoms with E-state index < -0.39 is 23.6 Å². The van der Waals surface area contributed by atoms with Gasteiger partial charge >= 0.3 is 11.1 Å². The predicted molar refractivity (Wildman–Crippen MR) is 35.2 cm³/mol. The molecule has 0 saturated heterocycles. The fourth-order valence-electron chi connectivity index (χ4n) is 0.635. The van der Waals surface area contributed by atoms with Crippen LogP contribution in [-0.4, -0.2) is 36.9 Å². The van der Waals surface area contributed by atoms with Gasteiger partial charge in [0.25, 0.3) is 5.91 Å². The van der Waals surface area contributed by atoms with E-state index in [9.17, 15) is 9.59 Å². The van der Waals surface area contributed by atoms with E-state index in [1.165, 1.54) is 0 Å². The van der Waals surface area contributed by atoms with Crippen LogP contribution in [0, 0.1) is 0 Å².